The first kappa shape index (κ1) is 18.1. The lowest BCUT2D eigenvalue weighted by Gasteiger charge is -2.12. The molecule has 0 fully saturated rings. The molecule has 0 saturated heterocycles. The molecule has 0 aliphatic rings. The van der Waals surface area contributed by atoms with Gasteiger partial charge >= 0.3 is 6.18 Å². The Balaban J connectivity index is 1.54. The van der Waals surface area contributed by atoms with Gasteiger partial charge < -0.3 is 10.1 Å². The summed E-state index contributed by atoms with van der Waals surface area (Å²) in [7, 11) is 0. The van der Waals surface area contributed by atoms with Crippen molar-refractivity contribution in [1.82, 2.24) is 29.7 Å². The predicted molar refractivity (Wildman–Crippen MR) is 94.5 cm³/mol. The monoisotopic (exact) mass is 388 g/mol. The summed E-state index contributed by atoms with van der Waals surface area (Å²) in [6, 6.07) is 4.97. The van der Waals surface area contributed by atoms with Gasteiger partial charge in [-0.2, -0.15) is 18.3 Å². The minimum Gasteiger partial charge on any atom is -0.388 e. The highest BCUT2D eigenvalue weighted by molar-refractivity contribution is 5.88. The number of hydrogen-bond donors (Lipinski definition) is 2. The summed E-state index contributed by atoms with van der Waals surface area (Å²) in [5.41, 5.74) is 3.39. The van der Waals surface area contributed by atoms with Crippen LogP contribution in [0.4, 0.5) is 13.2 Å². The number of nitrogens with one attached hydrogen (secondary N) is 1. The van der Waals surface area contributed by atoms with Crippen molar-refractivity contribution in [2.24, 2.45) is 0 Å². The van der Waals surface area contributed by atoms with Crippen molar-refractivity contribution in [1.29, 1.82) is 0 Å². The lowest BCUT2D eigenvalue weighted by atomic mass is 10.1. The second kappa shape index (κ2) is 7.04. The van der Waals surface area contributed by atoms with Gasteiger partial charge in [0.1, 0.15) is 5.52 Å². The number of fused-ring (bicyclic) bond motifs is 1. The number of pyridine rings is 2. The van der Waals surface area contributed by atoms with E-state index in [1.807, 2.05) is 6.07 Å². The number of rotatable bonds is 5. The Morgan fingerprint density at radius 2 is 1.96 bits per heavy atom. The molecule has 0 aliphatic heterocycles. The van der Waals surface area contributed by atoms with E-state index in [1.54, 1.807) is 41.7 Å². The highest BCUT2D eigenvalue weighted by Crippen LogP contribution is 2.28. The Morgan fingerprint density at radius 1 is 1.11 bits per heavy atom. The van der Waals surface area contributed by atoms with E-state index in [-0.39, 0.29) is 0 Å². The van der Waals surface area contributed by atoms with Gasteiger partial charge in [-0.05, 0) is 24.1 Å². The maximum absolute atomic E-state index is 12.3. The quantitative estimate of drug-likeness (QED) is 0.545. The van der Waals surface area contributed by atoms with Crippen molar-refractivity contribution >= 4 is 11.2 Å². The highest BCUT2D eigenvalue weighted by atomic mass is 19.4. The molecular formula is C18H15F3N6O. The summed E-state index contributed by atoms with van der Waals surface area (Å²) in [6.45, 7) is 0. The van der Waals surface area contributed by atoms with Crippen LogP contribution in [-0.2, 0) is 0 Å². The minimum absolute atomic E-state index is 0.327. The zero-order valence-electron chi connectivity index (χ0n) is 14.4. The molecule has 7 nitrogen and oxygen atoms in total. The number of H-pyrrole nitrogens is 1. The zero-order valence-corrected chi connectivity index (χ0v) is 14.4. The summed E-state index contributed by atoms with van der Waals surface area (Å²) < 4.78 is 38.4. The van der Waals surface area contributed by atoms with Crippen LogP contribution in [0.1, 0.15) is 24.5 Å². The Bertz CT molecular complexity index is 1090. The molecule has 144 valence electrons. The number of hydrogen-bond acceptors (Lipinski definition) is 5. The maximum atomic E-state index is 12.3. The molecule has 2 N–H and O–H groups in total. The van der Waals surface area contributed by atoms with Crippen LogP contribution in [0.3, 0.4) is 0 Å². The van der Waals surface area contributed by atoms with Gasteiger partial charge in [-0.15, -0.1) is 0 Å². The van der Waals surface area contributed by atoms with Crippen LogP contribution in [-0.4, -0.2) is 41.0 Å². The first-order valence-electron chi connectivity index (χ1n) is 8.45. The van der Waals surface area contributed by atoms with Crippen molar-refractivity contribution in [3.05, 3.63) is 54.9 Å². The predicted octanol–water partition coefficient (Wildman–Crippen LogP) is 3.58. The fourth-order valence-corrected chi connectivity index (χ4v) is 2.87. The molecule has 4 heterocycles. The Hall–Kier alpha value is -3.27. The van der Waals surface area contributed by atoms with Crippen molar-refractivity contribution < 1.29 is 18.3 Å². The third-order valence-corrected chi connectivity index (χ3v) is 4.30. The van der Waals surface area contributed by atoms with E-state index >= 15 is 0 Å². The van der Waals surface area contributed by atoms with Crippen LogP contribution in [0.25, 0.3) is 28.1 Å². The van der Waals surface area contributed by atoms with E-state index in [0.29, 0.717) is 17.0 Å². The van der Waals surface area contributed by atoms with Crippen LogP contribution in [0, 0.1) is 0 Å². The van der Waals surface area contributed by atoms with Crippen molar-refractivity contribution in [2.45, 2.75) is 25.1 Å². The van der Waals surface area contributed by atoms with Gasteiger partial charge in [0.15, 0.2) is 11.5 Å². The summed E-state index contributed by atoms with van der Waals surface area (Å²) in [5.74, 6) is 0.477. The Kier molecular flexibility index (Phi) is 4.55. The minimum atomic E-state index is -4.30. The number of alkyl halides is 3. The number of aromatic nitrogens is 6. The first-order valence-corrected chi connectivity index (χ1v) is 8.45. The number of aliphatic hydroxyl groups excluding tert-OH is 1. The van der Waals surface area contributed by atoms with Gasteiger partial charge in [0.2, 0.25) is 0 Å². The largest absolute Gasteiger partial charge is 0.389 e. The average Bonchev–Trinajstić information content (AvgIpc) is 3.35. The Labute approximate surface area is 156 Å². The molecule has 4 aromatic rings. The van der Waals surface area contributed by atoms with Gasteiger partial charge in [0.25, 0.3) is 0 Å². The molecule has 0 aliphatic carbocycles. The van der Waals surface area contributed by atoms with E-state index in [0.717, 1.165) is 16.6 Å². The van der Waals surface area contributed by atoms with Crippen molar-refractivity contribution in [3.63, 3.8) is 0 Å². The van der Waals surface area contributed by atoms with E-state index in [1.165, 1.54) is 6.20 Å². The lowest BCUT2D eigenvalue weighted by molar-refractivity contribution is -0.140. The zero-order chi connectivity index (χ0) is 19.7. The Morgan fingerprint density at radius 3 is 2.71 bits per heavy atom. The van der Waals surface area contributed by atoms with Crippen LogP contribution in [0.5, 0.6) is 0 Å². The number of halogens is 3. The fourth-order valence-electron chi connectivity index (χ4n) is 2.87. The molecule has 0 spiro atoms. The lowest BCUT2D eigenvalue weighted by Crippen LogP contribution is -2.10. The van der Waals surface area contributed by atoms with Crippen molar-refractivity contribution in [2.75, 3.05) is 0 Å². The van der Waals surface area contributed by atoms with E-state index in [9.17, 15) is 18.3 Å². The third kappa shape index (κ3) is 3.72. The van der Waals surface area contributed by atoms with Crippen LogP contribution >= 0.6 is 0 Å². The normalized spacial score (nSPS) is 13.1. The maximum Gasteiger partial charge on any atom is 0.389 e. The van der Waals surface area contributed by atoms with Crippen LogP contribution in [0.15, 0.2) is 49.3 Å². The molecule has 0 bridgehead atoms. The van der Waals surface area contributed by atoms with E-state index in [2.05, 4.69) is 25.0 Å². The molecule has 0 radical (unpaired) electrons. The molecule has 0 amide bonds. The van der Waals surface area contributed by atoms with Gasteiger partial charge in [-0.3, -0.25) is 0 Å². The second-order valence-electron chi connectivity index (χ2n) is 6.25. The topological polar surface area (TPSA) is 92.5 Å². The molecular weight excluding hydrogens is 373 g/mol. The SMILES string of the molecule is OC(CCC(F)(F)F)c1ccc(-n2cc(-c3ccnc4[nH]cnc34)cn2)nc1. The smallest absolute Gasteiger partial charge is 0.388 e. The summed E-state index contributed by atoms with van der Waals surface area (Å²) in [5, 5.41) is 14.2. The standard InChI is InChI=1S/C18H15F3N6O/c19-18(20,21)5-3-14(28)11-1-2-15(23-7-11)27-9-12(8-26-27)13-4-6-22-17-16(13)24-10-25-17/h1-2,4,6-10,14,28H,3,5H2,(H,22,24,25). The fraction of sp³-hybridized carbons (Fsp3) is 0.222. The number of nitrogens with zero attached hydrogens (tertiary/aromatic N) is 5. The highest BCUT2D eigenvalue weighted by Gasteiger charge is 2.28. The van der Waals surface area contributed by atoms with Gasteiger partial charge in [-0.1, -0.05) is 6.07 Å². The van der Waals surface area contributed by atoms with E-state index < -0.39 is 25.1 Å². The summed E-state index contributed by atoms with van der Waals surface area (Å²) in [6.07, 6.45) is 1.05. The molecule has 28 heavy (non-hydrogen) atoms. The second-order valence-corrected chi connectivity index (χ2v) is 6.25. The number of aliphatic hydroxyl groups is 1. The summed E-state index contributed by atoms with van der Waals surface area (Å²) >= 11 is 0. The molecule has 10 heteroatoms. The summed E-state index contributed by atoms with van der Waals surface area (Å²) in [4.78, 5) is 15.6. The van der Waals surface area contributed by atoms with Crippen molar-refractivity contribution in [3.8, 4) is 16.9 Å². The van der Waals surface area contributed by atoms with Gasteiger partial charge in [0.05, 0.1) is 18.6 Å². The first-order chi connectivity index (χ1) is 13.4. The third-order valence-electron chi connectivity index (χ3n) is 4.30. The average molecular weight is 388 g/mol. The molecule has 1 unspecified atom stereocenters. The van der Waals surface area contributed by atoms with E-state index in [4.69, 9.17) is 0 Å². The molecule has 0 aromatic carbocycles. The van der Waals surface area contributed by atoms with Crippen LogP contribution in [0.2, 0.25) is 0 Å². The molecule has 4 aromatic heterocycles. The molecule has 4 rings (SSSR count). The van der Waals surface area contributed by atoms with Gasteiger partial charge in [0, 0.05) is 36.1 Å². The molecule has 0 saturated carbocycles. The van der Waals surface area contributed by atoms with Crippen LogP contribution < -0.4 is 0 Å². The molecule has 1 atom stereocenters. The number of imidazole rings is 1. The van der Waals surface area contributed by atoms with Gasteiger partial charge in [-0.25, -0.2) is 19.6 Å². The number of aromatic amines is 1.